The van der Waals surface area contributed by atoms with Gasteiger partial charge in [0.05, 0.1) is 26.4 Å². The zero-order valence-electron chi connectivity index (χ0n) is 20.5. The van der Waals surface area contributed by atoms with Crippen LogP contribution in [0.4, 0.5) is 5.69 Å². The predicted octanol–water partition coefficient (Wildman–Crippen LogP) is 1.34. The Balaban J connectivity index is 0.00000324. The maximum Gasteiger partial charge on any atom is 0.346 e. The van der Waals surface area contributed by atoms with Crippen LogP contribution in [0.3, 0.4) is 0 Å². The second kappa shape index (κ2) is 11.6. The highest BCUT2D eigenvalue weighted by Crippen LogP contribution is 2.41. The van der Waals surface area contributed by atoms with Gasteiger partial charge in [-0.3, -0.25) is 0 Å². The van der Waals surface area contributed by atoms with Gasteiger partial charge in [-0.15, -0.1) is 0 Å². The lowest BCUT2D eigenvalue weighted by molar-refractivity contribution is -0.898. The fourth-order valence-corrected chi connectivity index (χ4v) is 5.66. The van der Waals surface area contributed by atoms with Gasteiger partial charge in [0.1, 0.15) is 12.3 Å². The van der Waals surface area contributed by atoms with Crippen molar-refractivity contribution >= 4 is 11.7 Å². The van der Waals surface area contributed by atoms with Gasteiger partial charge in [-0.1, -0.05) is 37.5 Å². The van der Waals surface area contributed by atoms with Crippen LogP contribution in [0.2, 0.25) is 0 Å². The molecule has 2 aliphatic rings. The average molecular weight is 491 g/mol. The van der Waals surface area contributed by atoms with Gasteiger partial charge in [0.15, 0.2) is 6.10 Å². The number of furan rings is 1. The van der Waals surface area contributed by atoms with Crippen molar-refractivity contribution in [1.29, 1.82) is 0 Å². The number of aliphatic hydroxyl groups is 1. The number of benzene rings is 1. The molecule has 2 aromatic rings. The number of quaternary nitrogens is 1. The van der Waals surface area contributed by atoms with Gasteiger partial charge in [-0.2, -0.15) is 0 Å². The summed E-state index contributed by atoms with van der Waals surface area (Å²) in [7, 11) is 4.38. The first-order valence-electron chi connectivity index (χ1n) is 12.5. The number of para-hydroxylation sites is 1. The molecular weight excluding hydrogens is 452 g/mol. The van der Waals surface area contributed by atoms with E-state index in [-0.39, 0.29) is 24.4 Å². The maximum absolute atomic E-state index is 13.3. The molecule has 0 radical (unpaired) electrons. The molecule has 6 nitrogen and oxygen atoms in total. The molecule has 188 valence electrons. The lowest BCUT2D eigenvalue weighted by atomic mass is 9.75. The summed E-state index contributed by atoms with van der Waals surface area (Å²) in [6, 6.07) is 13.9. The molecule has 2 heterocycles. The number of anilines is 1. The molecule has 3 atom stereocenters. The molecule has 2 unspecified atom stereocenters. The molecule has 1 aromatic carbocycles. The number of hydrogen-bond donors (Lipinski definition) is 1. The summed E-state index contributed by atoms with van der Waals surface area (Å²) >= 11 is 0. The van der Waals surface area contributed by atoms with Crippen molar-refractivity contribution in [2.75, 3.05) is 45.2 Å². The van der Waals surface area contributed by atoms with Gasteiger partial charge in [0.25, 0.3) is 0 Å². The first-order valence-corrected chi connectivity index (χ1v) is 12.5. The van der Waals surface area contributed by atoms with Gasteiger partial charge >= 0.3 is 5.97 Å². The summed E-state index contributed by atoms with van der Waals surface area (Å²) in [4.78, 5) is 15.6. The van der Waals surface area contributed by atoms with Gasteiger partial charge in [0, 0.05) is 38.0 Å². The van der Waals surface area contributed by atoms with E-state index in [0.717, 1.165) is 75.6 Å². The first kappa shape index (κ1) is 26.6. The highest BCUT2D eigenvalue weighted by Gasteiger charge is 2.51. The smallest absolute Gasteiger partial charge is 0.346 e. The van der Waals surface area contributed by atoms with Crippen LogP contribution < -0.4 is 17.3 Å². The second-order valence-electron chi connectivity index (χ2n) is 10.3. The Morgan fingerprint density at radius 3 is 2.56 bits per heavy atom. The molecule has 1 aromatic heterocycles. The van der Waals surface area contributed by atoms with Crippen molar-refractivity contribution in [2.24, 2.45) is 5.92 Å². The normalized spacial score (nSPS) is 24.7. The lowest BCUT2D eigenvalue weighted by Crippen LogP contribution is -3.00. The van der Waals surface area contributed by atoms with E-state index in [2.05, 4.69) is 43.3 Å². The van der Waals surface area contributed by atoms with E-state index in [1.54, 1.807) is 12.1 Å². The van der Waals surface area contributed by atoms with Crippen LogP contribution in [0.1, 0.15) is 50.7 Å². The molecule has 2 fully saturated rings. The fraction of sp³-hybridized carbons (Fsp3) is 0.593. The number of rotatable bonds is 9. The van der Waals surface area contributed by atoms with Crippen molar-refractivity contribution in [3.05, 3.63) is 54.5 Å². The molecule has 1 saturated carbocycles. The number of nitrogens with zero attached hydrogens (tertiary/aromatic N) is 2. The van der Waals surface area contributed by atoms with E-state index < -0.39 is 11.6 Å². The summed E-state index contributed by atoms with van der Waals surface area (Å²) in [5.74, 6) is -0.370. The summed E-state index contributed by atoms with van der Waals surface area (Å²) in [5.41, 5.74) is -0.456. The minimum atomic E-state index is -1.69. The molecular formula is C27H39ClN2O4. The topological polar surface area (TPSA) is 62.9 Å². The molecule has 0 spiro atoms. The van der Waals surface area contributed by atoms with Gasteiger partial charge in [-0.05, 0) is 37.1 Å². The van der Waals surface area contributed by atoms with Crippen LogP contribution in [0.5, 0.6) is 0 Å². The van der Waals surface area contributed by atoms with E-state index in [0.29, 0.717) is 5.76 Å². The maximum atomic E-state index is 13.3. The van der Waals surface area contributed by atoms with Crippen LogP contribution in [-0.4, -0.2) is 61.9 Å². The minimum absolute atomic E-state index is 0. The molecule has 34 heavy (non-hydrogen) atoms. The molecule has 4 rings (SSSR count). The summed E-state index contributed by atoms with van der Waals surface area (Å²) in [6.07, 6.45) is 8.09. The molecule has 1 aliphatic heterocycles. The quantitative estimate of drug-likeness (QED) is 0.424. The van der Waals surface area contributed by atoms with E-state index >= 15 is 0 Å². The number of hydrogen-bond acceptors (Lipinski definition) is 5. The van der Waals surface area contributed by atoms with E-state index in [1.807, 2.05) is 6.07 Å². The van der Waals surface area contributed by atoms with Crippen molar-refractivity contribution in [3.8, 4) is 0 Å². The number of likely N-dealkylation sites (N-methyl/N-ethyl adjacent to an activating group) is 1. The highest BCUT2D eigenvalue weighted by atomic mass is 35.5. The number of carbonyl (C=O) groups excluding carboxylic acids is 1. The van der Waals surface area contributed by atoms with E-state index in [4.69, 9.17) is 9.15 Å². The number of esters is 1. The monoisotopic (exact) mass is 490 g/mol. The minimum Gasteiger partial charge on any atom is -1.00 e. The molecule has 0 bridgehead atoms. The number of carbonyl (C=O) groups is 1. The van der Waals surface area contributed by atoms with Crippen molar-refractivity contribution in [3.63, 3.8) is 0 Å². The van der Waals surface area contributed by atoms with Crippen molar-refractivity contribution < 1.29 is 35.9 Å². The zero-order chi connectivity index (χ0) is 23.3. The van der Waals surface area contributed by atoms with Crippen LogP contribution in [0.15, 0.2) is 53.1 Å². The Morgan fingerprint density at radius 1 is 1.15 bits per heavy atom. The van der Waals surface area contributed by atoms with Crippen molar-refractivity contribution in [1.82, 2.24) is 0 Å². The molecule has 1 aliphatic carbocycles. The molecule has 7 heteroatoms. The summed E-state index contributed by atoms with van der Waals surface area (Å²) < 4.78 is 12.4. The van der Waals surface area contributed by atoms with E-state index in [1.165, 1.54) is 12.0 Å². The van der Waals surface area contributed by atoms with E-state index in [9.17, 15) is 9.90 Å². The third-order valence-corrected chi connectivity index (χ3v) is 7.70. The van der Waals surface area contributed by atoms with Gasteiger partial charge in [-0.25, -0.2) is 4.79 Å². The van der Waals surface area contributed by atoms with Crippen LogP contribution in [0, 0.1) is 5.92 Å². The van der Waals surface area contributed by atoms with Gasteiger partial charge in [0.2, 0.25) is 5.60 Å². The Morgan fingerprint density at radius 2 is 1.88 bits per heavy atom. The summed E-state index contributed by atoms with van der Waals surface area (Å²) in [6.45, 7) is 3.80. The average Bonchev–Trinajstić information content (AvgIpc) is 3.50. The number of likely N-dealkylation sites (tertiary alicyclic amines) is 1. The lowest BCUT2D eigenvalue weighted by Gasteiger charge is -2.35. The Hall–Kier alpha value is -2.02. The zero-order valence-corrected chi connectivity index (χ0v) is 21.3. The molecule has 0 amide bonds. The fourth-order valence-electron chi connectivity index (χ4n) is 5.66. The molecule has 1 N–H and O–H groups in total. The SMILES string of the molecule is CN(CCC[N+]1(C)CC[C@@H](OC(=O)C(O)(c2ccco2)C2CCCCC2)C1)c1ccccc1.[Cl-]. The standard InChI is InChI=1S/C27H39N2O4.ClH/c1-28(23-13-7-4-8-14-23)17-10-18-29(2)19-16-24(21-29)33-26(30)27(31,25-15-9-20-32-25)22-11-5-3-6-12-22;/h4,7-9,13-15,20,22,24,31H,3,5-6,10-12,16-19,21H2,1-2H3;1H/q+1;/p-1/t24-,27?,29?;/m1./s1. The Labute approximate surface area is 209 Å². The largest absolute Gasteiger partial charge is 1.00 e. The van der Waals surface area contributed by atoms with Crippen LogP contribution in [0.25, 0.3) is 0 Å². The molecule has 1 saturated heterocycles. The van der Waals surface area contributed by atoms with Crippen LogP contribution >= 0.6 is 0 Å². The number of halogens is 1. The highest BCUT2D eigenvalue weighted by molar-refractivity contribution is 5.81. The number of ether oxygens (including phenoxy) is 1. The Bertz CT molecular complexity index is 887. The Kier molecular flexibility index (Phi) is 9.07. The first-order chi connectivity index (χ1) is 15.9. The third kappa shape index (κ3) is 5.96. The van der Waals surface area contributed by atoms with Crippen LogP contribution in [-0.2, 0) is 15.1 Å². The predicted molar refractivity (Wildman–Crippen MR) is 129 cm³/mol. The second-order valence-corrected chi connectivity index (χ2v) is 10.3. The van der Waals surface area contributed by atoms with Gasteiger partial charge < -0.3 is 36.1 Å². The van der Waals surface area contributed by atoms with Crippen molar-refractivity contribution in [2.45, 2.75) is 56.7 Å². The third-order valence-electron chi connectivity index (χ3n) is 7.70. The summed E-state index contributed by atoms with van der Waals surface area (Å²) in [5, 5.41) is 11.6.